The molecule has 1 unspecified atom stereocenters. The van der Waals surface area contributed by atoms with Crippen molar-refractivity contribution in [2.24, 2.45) is 0 Å². The van der Waals surface area contributed by atoms with Crippen LogP contribution in [-0.2, 0) is 6.42 Å². The third-order valence-corrected chi connectivity index (χ3v) is 5.70. The molecule has 1 aliphatic heterocycles. The summed E-state index contributed by atoms with van der Waals surface area (Å²) in [6.45, 7) is 2.32. The van der Waals surface area contributed by atoms with Crippen molar-refractivity contribution in [3.63, 3.8) is 0 Å². The van der Waals surface area contributed by atoms with Gasteiger partial charge in [0.2, 0.25) is 0 Å². The molecule has 1 aromatic rings. The van der Waals surface area contributed by atoms with Gasteiger partial charge in [-0.3, -0.25) is 9.88 Å². The van der Waals surface area contributed by atoms with Crippen LogP contribution in [0.4, 0.5) is 0 Å². The molecule has 1 saturated carbocycles. The van der Waals surface area contributed by atoms with E-state index in [4.69, 9.17) is 0 Å². The van der Waals surface area contributed by atoms with Crippen LogP contribution in [0.2, 0.25) is 0 Å². The molecule has 21 heavy (non-hydrogen) atoms. The minimum absolute atomic E-state index is 0.0166. The normalized spacial score (nSPS) is 24.1. The van der Waals surface area contributed by atoms with Crippen molar-refractivity contribution >= 4 is 15.9 Å². The van der Waals surface area contributed by atoms with E-state index in [0.29, 0.717) is 6.42 Å². The van der Waals surface area contributed by atoms with E-state index >= 15 is 0 Å². The van der Waals surface area contributed by atoms with E-state index in [0.717, 1.165) is 36.0 Å². The van der Waals surface area contributed by atoms with Gasteiger partial charge in [0, 0.05) is 28.8 Å². The predicted octanol–water partition coefficient (Wildman–Crippen LogP) is 3.55. The standard InChI is InChI=1S/C17H25BrN2O/c18-15-10-14(12-19-13-15)11-16(21)17(6-2-3-7-17)20-8-4-1-5-9-20/h10,12-13,16,21H,1-9,11H2. The molecule has 116 valence electrons. The summed E-state index contributed by atoms with van der Waals surface area (Å²) in [5, 5.41) is 11.0. The maximum Gasteiger partial charge on any atom is 0.0764 e. The van der Waals surface area contributed by atoms with Gasteiger partial charge in [-0.05, 0) is 66.3 Å². The van der Waals surface area contributed by atoms with Gasteiger partial charge in [-0.15, -0.1) is 0 Å². The van der Waals surface area contributed by atoms with Gasteiger partial charge >= 0.3 is 0 Å². The molecule has 3 rings (SSSR count). The fourth-order valence-electron chi connectivity index (χ4n) is 4.17. The number of pyridine rings is 1. The van der Waals surface area contributed by atoms with Crippen molar-refractivity contribution in [2.75, 3.05) is 13.1 Å². The van der Waals surface area contributed by atoms with Crippen molar-refractivity contribution in [1.82, 2.24) is 9.88 Å². The van der Waals surface area contributed by atoms with Crippen LogP contribution < -0.4 is 0 Å². The molecule has 0 aromatic carbocycles. The van der Waals surface area contributed by atoms with E-state index < -0.39 is 0 Å². The predicted molar refractivity (Wildman–Crippen MR) is 88.3 cm³/mol. The first-order chi connectivity index (χ1) is 10.2. The zero-order valence-electron chi connectivity index (χ0n) is 12.6. The Kier molecular flexibility index (Phi) is 4.97. The molecular formula is C17H25BrN2O. The molecule has 3 nitrogen and oxygen atoms in total. The number of aliphatic hydroxyl groups is 1. The minimum Gasteiger partial charge on any atom is -0.391 e. The van der Waals surface area contributed by atoms with Crippen molar-refractivity contribution in [2.45, 2.75) is 63.0 Å². The Hall–Kier alpha value is -0.450. The molecule has 1 aromatic heterocycles. The Labute approximate surface area is 135 Å². The van der Waals surface area contributed by atoms with E-state index in [9.17, 15) is 5.11 Å². The van der Waals surface area contributed by atoms with Crippen molar-refractivity contribution in [3.8, 4) is 0 Å². The first-order valence-electron chi connectivity index (χ1n) is 8.23. The summed E-state index contributed by atoms with van der Waals surface area (Å²) < 4.78 is 0.991. The SMILES string of the molecule is OC(Cc1cncc(Br)c1)C1(N2CCCCC2)CCCC1. The summed E-state index contributed by atoms with van der Waals surface area (Å²) in [6.07, 6.45) is 12.8. The molecule has 1 aliphatic carbocycles. The first-order valence-corrected chi connectivity index (χ1v) is 9.02. The monoisotopic (exact) mass is 352 g/mol. The summed E-state index contributed by atoms with van der Waals surface area (Å²) in [5.41, 5.74) is 1.14. The lowest BCUT2D eigenvalue weighted by molar-refractivity contribution is -0.0381. The molecular weight excluding hydrogens is 328 g/mol. The lowest BCUT2D eigenvalue weighted by atomic mass is 9.83. The number of piperidine rings is 1. The summed E-state index contributed by atoms with van der Waals surface area (Å²) in [7, 11) is 0. The van der Waals surface area contributed by atoms with E-state index in [2.05, 4.69) is 31.9 Å². The number of rotatable bonds is 4. The highest BCUT2D eigenvalue weighted by atomic mass is 79.9. The van der Waals surface area contributed by atoms with Crippen molar-refractivity contribution in [1.29, 1.82) is 0 Å². The fraction of sp³-hybridized carbons (Fsp3) is 0.706. The Morgan fingerprint density at radius 2 is 1.86 bits per heavy atom. The maximum absolute atomic E-state index is 11.0. The Morgan fingerprint density at radius 3 is 2.52 bits per heavy atom. The van der Waals surface area contributed by atoms with Gasteiger partial charge < -0.3 is 5.11 Å². The van der Waals surface area contributed by atoms with Gasteiger partial charge in [0.1, 0.15) is 0 Å². The van der Waals surface area contributed by atoms with E-state index in [1.165, 1.54) is 32.1 Å². The van der Waals surface area contributed by atoms with Crippen LogP contribution in [0, 0.1) is 0 Å². The van der Waals surface area contributed by atoms with Crippen molar-refractivity contribution < 1.29 is 5.11 Å². The fourth-order valence-corrected chi connectivity index (χ4v) is 4.58. The molecule has 1 saturated heterocycles. The molecule has 2 heterocycles. The summed E-state index contributed by atoms with van der Waals surface area (Å²) in [4.78, 5) is 6.82. The number of halogens is 1. The highest BCUT2D eigenvalue weighted by Gasteiger charge is 2.45. The molecule has 0 bridgehead atoms. The second-order valence-corrected chi connectivity index (χ2v) is 7.51. The van der Waals surface area contributed by atoms with Crippen LogP contribution >= 0.6 is 15.9 Å². The molecule has 0 spiro atoms. The van der Waals surface area contributed by atoms with Gasteiger partial charge in [0.05, 0.1) is 6.10 Å². The van der Waals surface area contributed by atoms with Gasteiger partial charge in [-0.1, -0.05) is 19.3 Å². The van der Waals surface area contributed by atoms with Gasteiger partial charge in [0.15, 0.2) is 0 Å². The second kappa shape index (κ2) is 6.76. The van der Waals surface area contributed by atoms with Crippen molar-refractivity contribution in [3.05, 3.63) is 28.5 Å². The smallest absolute Gasteiger partial charge is 0.0764 e. The van der Waals surface area contributed by atoms with E-state index in [-0.39, 0.29) is 11.6 Å². The second-order valence-electron chi connectivity index (χ2n) is 6.59. The van der Waals surface area contributed by atoms with E-state index in [1.807, 2.05) is 6.20 Å². The van der Waals surface area contributed by atoms with Gasteiger partial charge in [-0.25, -0.2) is 0 Å². The number of hydrogen-bond donors (Lipinski definition) is 1. The molecule has 0 radical (unpaired) electrons. The van der Waals surface area contributed by atoms with Crippen LogP contribution in [0.3, 0.4) is 0 Å². The molecule has 1 atom stereocenters. The van der Waals surface area contributed by atoms with Crippen LogP contribution in [0.1, 0.15) is 50.5 Å². The number of nitrogens with zero attached hydrogens (tertiary/aromatic N) is 2. The molecule has 1 N–H and O–H groups in total. The van der Waals surface area contributed by atoms with Crippen LogP contribution in [0.25, 0.3) is 0 Å². The third-order valence-electron chi connectivity index (χ3n) is 5.27. The zero-order valence-corrected chi connectivity index (χ0v) is 14.2. The Balaban J connectivity index is 1.76. The third kappa shape index (κ3) is 3.33. The number of aromatic nitrogens is 1. The quantitative estimate of drug-likeness (QED) is 0.899. The molecule has 4 heteroatoms. The lowest BCUT2D eigenvalue weighted by Gasteiger charge is -2.46. The zero-order chi connectivity index (χ0) is 14.7. The van der Waals surface area contributed by atoms with Crippen LogP contribution in [0.5, 0.6) is 0 Å². The highest BCUT2D eigenvalue weighted by molar-refractivity contribution is 9.10. The Bertz CT molecular complexity index is 468. The number of hydrogen-bond acceptors (Lipinski definition) is 3. The van der Waals surface area contributed by atoms with Gasteiger partial charge in [-0.2, -0.15) is 0 Å². The number of likely N-dealkylation sites (tertiary alicyclic amines) is 1. The van der Waals surface area contributed by atoms with E-state index in [1.54, 1.807) is 6.20 Å². The summed E-state index contributed by atoms with van der Waals surface area (Å²) >= 11 is 3.47. The molecule has 2 fully saturated rings. The summed E-state index contributed by atoms with van der Waals surface area (Å²) in [5.74, 6) is 0. The maximum atomic E-state index is 11.0. The topological polar surface area (TPSA) is 36.4 Å². The largest absolute Gasteiger partial charge is 0.391 e. The molecule has 0 amide bonds. The first kappa shape index (κ1) is 15.4. The van der Waals surface area contributed by atoms with Crippen LogP contribution in [-0.4, -0.2) is 39.7 Å². The number of aliphatic hydroxyl groups excluding tert-OH is 1. The highest BCUT2D eigenvalue weighted by Crippen LogP contribution is 2.40. The average Bonchev–Trinajstić information content (AvgIpc) is 2.99. The molecule has 2 aliphatic rings. The minimum atomic E-state index is -0.283. The lowest BCUT2D eigenvalue weighted by Crippen LogP contribution is -2.57. The van der Waals surface area contributed by atoms with Gasteiger partial charge in [0.25, 0.3) is 0 Å². The van der Waals surface area contributed by atoms with Crippen LogP contribution in [0.15, 0.2) is 22.9 Å². The average molecular weight is 353 g/mol. The Morgan fingerprint density at radius 1 is 1.14 bits per heavy atom. The summed E-state index contributed by atoms with van der Waals surface area (Å²) in [6, 6.07) is 2.08.